The van der Waals surface area contributed by atoms with E-state index in [1.807, 2.05) is 18.3 Å². The Morgan fingerprint density at radius 2 is 2.33 bits per heavy atom. The molecular formula is C12H16N6. The van der Waals surface area contributed by atoms with Crippen LogP contribution in [-0.2, 0) is 19.5 Å². The van der Waals surface area contributed by atoms with Gasteiger partial charge in [-0.2, -0.15) is 4.98 Å². The van der Waals surface area contributed by atoms with Gasteiger partial charge in [0.05, 0.1) is 12.2 Å². The maximum atomic E-state index is 5.74. The number of fused-ring (bicyclic) bond motifs is 1. The lowest BCUT2D eigenvalue weighted by Crippen LogP contribution is -2.26. The number of nitrogens with one attached hydrogen (secondary N) is 3. The van der Waals surface area contributed by atoms with Crippen molar-refractivity contribution in [2.45, 2.75) is 19.5 Å². The molecule has 0 amide bonds. The molecular weight excluding hydrogens is 228 g/mol. The van der Waals surface area contributed by atoms with E-state index in [1.54, 1.807) is 0 Å². The zero-order chi connectivity index (χ0) is 12.4. The van der Waals surface area contributed by atoms with Crippen LogP contribution in [0.3, 0.4) is 0 Å². The Kier molecular flexibility index (Phi) is 2.85. The van der Waals surface area contributed by atoms with Crippen molar-refractivity contribution in [1.29, 1.82) is 0 Å². The van der Waals surface area contributed by atoms with E-state index in [0.717, 1.165) is 42.3 Å². The van der Waals surface area contributed by atoms with E-state index in [-0.39, 0.29) is 0 Å². The number of hydrogen-bond donors (Lipinski definition) is 4. The summed E-state index contributed by atoms with van der Waals surface area (Å²) in [6.45, 7) is 2.44. The van der Waals surface area contributed by atoms with Crippen molar-refractivity contribution in [2.24, 2.45) is 0 Å². The van der Waals surface area contributed by atoms with Crippen molar-refractivity contribution in [3.63, 3.8) is 0 Å². The maximum Gasteiger partial charge on any atom is 0.222 e. The molecule has 6 heteroatoms. The predicted molar refractivity (Wildman–Crippen MR) is 70.0 cm³/mol. The molecule has 2 aromatic rings. The van der Waals surface area contributed by atoms with Gasteiger partial charge in [0.15, 0.2) is 0 Å². The van der Waals surface area contributed by atoms with E-state index in [1.165, 1.54) is 0 Å². The van der Waals surface area contributed by atoms with E-state index in [0.29, 0.717) is 12.5 Å². The number of nitrogens with zero attached hydrogens (tertiary/aromatic N) is 2. The van der Waals surface area contributed by atoms with Crippen LogP contribution in [0.4, 0.5) is 11.8 Å². The lowest BCUT2D eigenvalue weighted by molar-refractivity contribution is 0.628. The Bertz CT molecular complexity index is 534. The van der Waals surface area contributed by atoms with Crippen LogP contribution in [0, 0.1) is 0 Å². The van der Waals surface area contributed by atoms with Gasteiger partial charge in [-0.1, -0.05) is 0 Å². The summed E-state index contributed by atoms with van der Waals surface area (Å²) in [5.41, 5.74) is 9.03. The zero-order valence-electron chi connectivity index (χ0n) is 10.0. The van der Waals surface area contributed by atoms with Gasteiger partial charge in [0.1, 0.15) is 5.82 Å². The fourth-order valence-corrected chi connectivity index (χ4v) is 2.16. The number of anilines is 2. The first-order valence-electron chi connectivity index (χ1n) is 6.05. The number of nitrogen functional groups attached to an aromatic ring is 1. The first-order chi connectivity index (χ1) is 8.83. The number of aromatic amines is 1. The Labute approximate surface area is 105 Å². The van der Waals surface area contributed by atoms with Crippen LogP contribution in [0.5, 0.6) is 0 Å². The van der Waals surface area contributed by atoms with Gasteiger partial charge in [-0.15, -0.1) is 0 Å². The number of hydrogen-bond acceptors (Lipinski definition) is 5. The topological polar surface area (TPSA) is 91.6 Å². The largest absolute Gasteiger partial charge is 0.368 e. The molecule has 0 unspecified atom stereocenters. The molecule has 3 heterocycles. The molecule has 6 nitrogen and oxygen atoms in total. The number of aromatic nitrogens is 3. The van der Waals surface area contributed by atoms with Crippen LogP contribution in [0.15, 0.2) is 18.3 Å². The Morgan fingerprint density at radius 3 is 3.17 bits per heavy atom. The van der Waals surface area contributed by atoms with Crippen LogP contribution >= 0.6 is 0 Å². The monoisotopic (exact) mass is 244 g/mol. The van der Waals surface area contributed by atoms with Crippen LogP contribution < -0.4 is 16.4 Å². The second-order valence-corrected chi connectivity index (χ2v) is 4.33. The fraction of sp³-hybridized carbons (Fsp3) is 0.333. The van der Waals surface area contributed by atoms with Gasteiger partial charge in [-0.3, -0.25) is 0 Å². The van der Waals surface area contributed by atoms with Gasteiger partial charge in [0.25, 0.3) is 0 Å². The highest BCUT2D eigenvalue weighted by Gasteiger charge is 2.16. The SMILES string of the molecule is Nc1nc2c(c(NCc3ccc[nH]3)n1)CNCC2. The lowest BCUT2D eigenvalue weighted by atomic mass is 10.1. The molecule has 5 N–H and O–H groups in total. The molecule has 0 bridgehead atoms. The highest BCUT2D eigenvalue weighted by molar-refractivity contribution is 5.50. The van der Waals surface area contributed by atoms with Gasteiger partial charge >= 0.3 is 0 Å². The van der Waals surface area contributed by atoms with E-state index < -0.39 is 0 Å². The summed E-state index contributed by atoms with van der Waals surface area (Å²) in [6, 6.07) is 4.00. The van der Waals surface area contributed by atoms with Crippen molar-refractivity contribution >= 4 is 11.8 Å². The summed E-state index contributed by atoms with van der Waals surface area (Å²) in [5, 5.41) is 6.64. The summed E-state index contributed by atoms with van der Waals surface area (Å²) < 4.78 is 0. The molecule has 18 heavy (non-hydrogen) atoms. The Morgan fingerprint density at radius 1 is 1.39 bits per heavy atom. The van der Waals surface area contributed by atoms with Crippen molar-refractivity contribution in [3.8, 4) is 0 Å². The van der Waals surface area contributed by atoms with Gasteiger partial charge in [-0.25, -0.2) is 4.98 Å². The maximum absolute atomic E-state index is 5.74. The molecule has 1 aliphatic heterocycles. The zero-order valence-corrected chi connectivity index (χ0v) is 10.0. The van der Waals surface area contributed by atoms with Gasteiger partial charge in [0.2, 0.25) is 5.95 Å². The highest BCUT2D eigenvalue weighted by Crippen LogP contribution is 2.21. The number of rotatable bonds is 3. The summed E-state index contributed by atoms with van der Waals surface area (Å²) >= 11 is 0. The standard InChI is InChI=1S/C12H16N6/c13-12-17-10-3-5-14-7-9(10)11(18-12)16-6-8-2-1-4-15-8/h1-2,4,14-15H,3,5-7H2,(H3,13,16,17,18). The van der Waals surface area contributed by atoms with Gasteiger partial charge < -0.3 is 21.4 Å². The van der Waals surface area contributed by atoms with Crippen molar-refractivity contribution in [3.05, 3.63) is 35.3 Å². The van der Waals surface area contributed by atoms with E-state index >= 15 is 0 Å². The summed E-state index contributed by atoms with van der Waals surface area (Å²) in [6.07, 6.45) is 2.81. The van der Waals surface area contributed by atoms with Crippen LogP contribution in [0.25, 0.3) is 0 Å². The first-order valence-corrected chi connectivity index (χ1v) is 6.05. The third kappa shape index (κ3) is 2.14. The molecule has 0 saturated heterocycles. The van der Waals surface area contributed by atoms with Crippen molar-refractivity contribution in [2.75, 3.05) is 17.6 Å². The van der Waals surface area contributed by atoms with E-state index in [2.05, 4.69) is 25.6 Å². The first kappa shape index (κ1) is 11.0. The lowest BCUT2D eigenvalue weighted by Gasteiger charge is -2.19. The minimum atomic E-state index is 0.338. The average Bonchev–Trinajstić information content (AvgIpc) is 2.89. The Hall–Kier alpha value is -2.08. The molecule has 0 saturated carbocycles. The third-order valence-corrected chi connectivity index (χ3v) is 3.06. The van der Waals surface area contributed by atoms with E-state index in [9.17, 15) is 0 Å². The molecule has 2 aromatic heterocycles. The third-order valence-electron chi connectivity index (χ3n) is 3.06. The van der Waals surface area contributed by atoms with Crippen LogP contribution in [-0.4, -0.2) is 21.5 Å². The second kappa shape index (κ2) is 4.66. The molecule has 94 valence electrons. The summed E-state index contributed by atoms with van der Waals surface area (Å²) in [7, 11) is 0. The molecule has 0 radical (unpaired) electrons. The predicted octanol–water partition coefficient (Wildman–Crippen LogP) is 0.645. The number of H-pyrrole nitrogens is 1. The van der Waals surface area contributed by atoms with Gasteiger partial charge in [0, 0.05) is 37.0 Å². The quantitative estimate of drug-likeness (QED) is 0.636. The van der Waals surface area contributed by atoms with Crippen molar-refractivity contribution < 1.29 is 0 Å². The normalized spacial score (nSPS) is 14.2. The van der Waals surface area contributed by atoms with Gasteiger partial charge in [-0.05, 0) is 12.1 Å². The molecule has 3 rings (SSSR count). The van der Waals surface area contributed by atoms with E-state index in [4.69, 9.17) is 5.73 Å². The summed E-state index contributed by atoms with van der Waals surface area (Å²) in [4.78, 5) is 11.7. The fourth-order valence-electron chi connectivity index (χ4n) is 2.16. The van der Waals surface area contributed by atoms with Crippen LogP contribution in [0.2, 0.25) is 0 Å². The summed E-state index contributed by atoms with van der Waals surface area (Å²) in [5.74, 6) is 1.17. The average molecular weight is 244 g/mol. The smallest absolute Gasteiger partial charge is 0.222 e. The number of nitrogens with two attached hydrogens (primary N) is 1. The molecule has 0 spiro atoms. The minimum Gasteiger partial charge on any atom is -0.368 e. The highest BCUT2D eigenvalue weighted by atomic mass is 15.1. The minimum absolute atomic E-state index is 0.338. The van der Waals surface area contributed by atoms with Crippen molar-refractivity contribution in [1.82, 2.24) is 20.3 Å². The Balaban J connectivity index is 1.84. The molecule has 1 aliphatic rings. The molecule has 0 atom stereocenters. The van der Waals surface area contributed by atoms with Crippen LogP contribution in [0.1, 0.15) is 17.0 Å². The molecule has 0 aliphatic carbocycles. The molecule has 0 fully saturated rings. The molecule has 0 aromatic carbocycles. The second-order valence-electron chi connectivity index (χ2n) is 4.33.